The van der Waals surface area contributed by atoms with Gasteiger partial charge in [0, 0.05) is 54.3 Å². The lowest BCUT2D eigenvalue weighted by Crippen LogP contribution is -2.28. The minimum Gasteiger partial charge on any atom is -0.388 e. The Morgan fingerprint density at radius 3 is 1.79 bits per heavy atom. The highest BCUT2D eigenvalue weighted by atomic mass is 16.6. The first-order chi connectivity index (χ1) is 22.3. The number of benzene rings is 1. The van der Waals surface area contributed by atoms with Gasteiger partial charge in [-0.2, -0.15) is 0 Å². The van der Waals surface area contributed by atoms with Crippen molar-refractivity contribution in [1.82, 2.24) is 25.3 Å². The molecule has 0 bridgehead atoms. The molecule has 0 radical (unpaired) electrons. The Morgan fingerprint density at radius 2 is 1.30 bits per heavy atom. The van der Waals surface area contributed by atoms with E-state index in [-0.39, 0.29) is 47.3 Å². The third-order valence-corrected chi connectivity index (χ3v) is 7.61. The van der Waals surface area contributed by atoms with E-state index in [1.807, 2.05) is 0 Å². The summed E-state index contributed by atoms with van der Waals surface area (Å²) in [7, 11) is 0. The number of hydrogen-bond donors (Lipinski definition) is 10. The number of nitrogens with zero attached hydrogens (tertiary/aromatic N) is 1. The summed E-state index contributed by atoms with van der Waals surface area (Å²) in [5, 5.41) is 29.7. The summed E-state index contributed by atoms with van der Waals surface area (Å²) < 4.78 is 0. The zero-order chi connectivity index (χ0) is 34.0. The molecule has 17 heteroatoms. The Morgan fingerprint density at radius 1 is 0.809 bits per heavy atom. The van der Waals surface area contributed by atoms with Crippen molar-refractivity contribution in [2.45, 2.75) is 27.2 Å². The first kappa shape index (κ1) is 31.8. The van der Waals surface area contributed by atoms with Crippen molar-refractivity contribution in [3.05, 3.63) is 92.4 Å². The Bertz CT molecular complexity index is 2080. The molecule has 0 fully saturated rings. The topological polar surface area (TPSA) is 273 Å². The predicted molar refractivity (Wildman–Crippen MR) is 174 cm³/mol. The number of rotatable bonds is 11. The molecule has 0 saturated carbocycles. The lowest BCUT2D eigenvalue weighted by molar-refractivity contribution is -0.383. The van der Waals surface area contributed by atoms with Crippen molar-refractivity contribution in [2.75, 3.05) is 22.5 Å². The van der Waals surface area contributed by atoms with Gasteiger partial charge >= 0.3 is 0 Å². The van der Waals surface area contributed by atoms with Crippen LogP contribution < -0.4 is 27.0 Å². The molecule has 5 aromatic rings. The van der Waals surface area contributed by atoms with E-state index in [0.717, 1.165) is 0 Å². The van der Waals surface area contributed by atoms with Gasteiger partial charge in [0.05, 0.1) is 38.7 Å². The lowest BCUT2D eigenvalue weighted by atomic mass is 10.2. The second-order valence-corrected chi connectivity index (χ2v) is 10.7. The van der Waals surface area contributed by atoms with E-state index in [4.69, 9.17) is 11.1 Å². The first-order valence-corrected chi connectivity index (χ1v) is 14.2. The Balaban J connectivity index is 1.23. The maximum Gasteiger partial charge on any atom is 0.278 e. The summed E-state index contributed by atoms with van der Waals surface area (Å²) in [6, 6.07) is 5.89. The molecule has 0 aliphatic rings. The number of nitro groups is 1. The molecule has 47 heavy (non-hydrogen) atoms. The van der Waals surface area contributed by atoms with Crippen molar-refractivity contribution in [3.63, 3.8) is 0 Å². The number of non-ortho nitro benzene ring substituents is 1. The fraction of sp³-hybridized carbons (Fsp3) is 0.167. The number of amides is 4. The molecule has 4 amide bonds. The molecule has 4 heterocycles. The van der Waals surface area contributed by atoms with Crippen LogP contribution in [0.25, 0.3) is 10.9 Å². The van der Waals surface area contributed by atoms with E-state index in [0.29, 0.717) is 44.7 Å². The number of nitrogens with two attached hydrogens (primary N) is 1. The van der Waals surface area contributed by atoms with Gasteiger partial charge in [-0.05, 0) is 32.9 Å². The van der Waals surface area contributed by atoms with Gasteiger partial charge in [0.2, 0.25) is 0 Å². The molecule has 1 aromatic carbocycles. The number of anilines is 3. The van der Waals surface area contributed by atoms with Crippen LogP contribution in [0.15, 0.2) is 42.9 Å². The van der Waals surface area contributed by atoms with Crippen LogP contribution in [-0.4, -0.2) is 60.9 Å². The van der Waals surface area contributed by atoms with Crippen molar-refractivity contribution < 1.29 is 24.1 Å². The molecule has 0 unspecified atom stereocenters. The van der Waals surface area contributed by atoms with Gasteiger partial charge in [-0.3, -0.25) is 34.7 Å². The number of carbonyl (C=O) groups is 4. The molecular weight excluding hydrogens is 610 g/mol. The average molecular weight is 642 g/mol. The van der Waals surface area contributed by atoms with E-state index in [1.165, 1.54) is 36.8 Å². The summed E-state index contributed by atoms with van der Waals surface area (Å²) in [6.45, 7) is 5.15. The molecular formula is C30H31N11O6. The first-order valence-electron chi connectivity index (χ1n) is 14.2. The fourth-order valence-corrected chi connectivity index (χ4v) is 4.96. The number of amidine groups is 1. The van der Waals surface area contributed by atoms with Crippen molar-refractivity contribution in [2.24, 2.45) is 5.73 Å². The number of carbonyl (C=O) groups excluding carboxylic acids is 4. The molecule has 0 aliphatic heterocycles. The molecule has 4 aromatic heterocycles. The smallest absolute Gasteiger partial charge is 0.278 e. The molecule has 11 N–H and O–H groups in total. The molecule has 5 rings (SSSR count). The number of aromatic nitrogens is 4. The quantitative estimate of drug-likeness (QED) is 0.0440. The second kappa shape index (κ2) is 12.8. The van der Waals surface area contributed by atoms with Crippen LogP contribution in [0.3, 0.4) is 0 Å². The number of nitro benzene ring substituents is 1. The highest BCUT2D eigenvalue weighted by Gasteiger charge is 2.23. The molecule has 0 atom stereocenters. The summed E-state index contributed by atoms with van der Waals surface area (Å²) in [5.74, 6) is -2.04. The zero-order valence-electron chi connectivity index (χ0n) is 25.4. The maximum atomic E-state index is 13.2. The minimum absolute atomic E-state index is 0.0464. The van der Waals surface area contributed by atoms with Gasteiger partial charge in [0.15, 0.2) is 0 Å². The summed E-state index contributed by atoms with van der Waals surface area (Å²) in [5.41, 5.74) is 8.77. The van der Waals surface area contributed by atoms with Crippen LogP contribution in [0, 0.1) is 36.3 Å². The number of H-pyrrole nitrogens is 4. The number of hydrogen-bond acceptors (Lipinski definition) is 7. The number of aromatic amines is 4. The molecule has 0 saturated heterocycles. The predicted octanol–water partition coefficient (Wildman–Crippen LogP) is 3.80. The highest BCUT2D eigenvalue weighted by molar-refractivity contribution is 6.11. The largest absolute Gasteiger partial charge is 0.388 e. The Labute approximate surface area is 265 Å². The van der Waals surface area contributed by atoms with Gasteiger partial charge < -0.3 is 46.9 Å². The summed E-state index contributed by atoms with van der Waals surface area (Å²) >= 11 is 0. The van der Waals surface area contributed by atoms with Crippen molar-refractivity contribution >= 4 is 63.1 Å². The Kier molecular flexibility index (Phi) is 8.62. The average Bonchev–Trinajstić information content (AvgIpc) is 3.79. The van der Waals surface area contributed by atoms with Crippen LogP contribution >= 0.6 is 0 Å². The maximum absolute atomic E-state index is 13.2. The van der Waals surface area contributed by atoms with Gasteiger partial charge in [-0.15, -0.1) is 0 Å². The highest BCUT2D eigenvalue weighted by Crippen LogP contribution is 2.28. The molecule has 17 nitrogen and oxygen atoms in total. The van der Waals surface area contributed by atoms with Crippen LogP contribution in [-0.2, 0) is 0 Å². The zero-order valence-corrected chi connectivity index (χ0v) is 25.4. The van der Waals surface area contributed by atoms with Crippen LogP contribution in [0.2, 0.25) is 0 Å². The SMILES string of the molecule is Cc1c(NC(=O)c2cc3c([N+](=O)[O-])cccc3[nH]2)c[nH]c1C(=O)Nc1c[nH]c(C(=O)Nc2c[nH]c(C(=O)NCCC(=N)N)c2C)c1C. The number of fused-ring (bicyclic) bond motifs is 1. The van der Waals surface area contributed by atoms with E-state index in [2.05, 4.69) is 41.2 Å². The van der Waals surface area contributed by atoms with Crippen LogP contribution in [0.4, 0.5) is 22.7 Å². The van der Waals surface area contributed by atoms with Gasteiger partial charge in [0.25, 0.3) is 29.3 Å². The van der Waals surface area contributed by atoms with E-state index >= 15 is 0 Å². The minimum atomic E-state index is -0.555. The standard InChI is InChI=1S/C30H31N11O6/c1-13-20(11-34-24(13)28(43)33-8-7-23(31)32)39-30(45)26-15(3)21(12-36-26)40-29(44)25-14(2)19(10-35-25)38-27(42)18-9-16-17(37-18)5-4-6-22(16)41(46)47/h4-6,9-12,34-37H,7-8H2,1-3H3,(H3,31,32)(H,33,43)(H,38,42)(H,39,45)(H,40,44). The normalized spacial score (nSPS) is 10.9. The van der Waals surface area contributed by atoms with Crippen LogP contribution in [0.5, 0.6) is 0 Å². The molecule has 242 valence electrons. The summed E-state index contributed by atoms with van der Waals surface area (Å²) in [6.07, 6.45) is 4.62. The van der Waals surface area contributed by atoms with Gasteiger partial charge in [-0.25, -0.2) is 0 Å². The summed E-state index contributed by atoms with van der Waals surface area (Å²) in [4.78, 5) is 73.9. The van der Waals surface area contributed by atoms with E-state index in [9.17, 15) is 29.3 Å². The van der Waals surface area contributed by atoms with Gasteiger partial charge in [-0.1, -0.05) is 6.07 Å². The Hall–Kier alpha value is -6.65. The second-order valence-electron chi connectivity index (χ2n) is 10.7. The van der Waals surface area contributed by atoms with Crippen LogP contribution in [0.1, 0.15) is 65.1 Å². The monoisotopic (exact) mass is 641 g/mol. The van der Waals surface area contributed by atoms with E-state index < -0.39 is 28.6 Å². The van der Waals surface area contributed by atoms with Crippen molar-refractivity contribution in [3.8, 4) is 0 Å². The number of nitrogens with one attached hydrogen (secondary N) is 9. The fourth-order valence-electron chi connectivity index (χ4n) is 4.96. The third kappa shape index (κ3) is 6.44. The molecule has 0 spiro atoms. The van der Waals surface area contributed by atoms with E-state index in [1.54, 1.807) is 26.8 Å². The lowest BCUT2D eigenvalue weighted by Gasteiger charge is -2.07. The third-order valence-electron chi connectivity index (χ3n) is 7.61. The van der Waals surface area contributed by atoms with Gasteiger partial charge in [0.1, 0.15) is 22.8 Å². The molecule has 0 aliphatic carbocycles. The van der Waals surface area contributed by atoms with Crippen molar-refractivity contribution in [1.29, 1.82) is 5.41 Å².